The van der Waals surface area contributed by atoms with E-state index in [2.05, 4.69) is 20.5 Å². The van der Waals surface area contributed by atoms with Gasteiger partial charge >= 0.3 is 0 Å². The molecule has 0 aliphatic carbocycles. The zero-order chi connectivity index (χ0) is 11.1. The highest BCUT2D eigenvalue weighted by Gasteiger charge is 1.97. The second-order valence-corrected chi connectivity index (χ2v) is 4.05. The average molecular weight is 244 g/mol. The zero-order valence-corrected chi connectivity index (χ0v) is 10.1. The molecule has 82 valence electrons. The number of thiocarbonyl (C=S) groups is 1. The smallest absolute Gasteiger partial charge is 0.153 e. The maximum absolute atomic E-state index is 4.92. The fourth-order valence-corrected chi connectivity index (χ4v) is 1.05. The molecule has 0 bridgehead atoms. The van der Waals surface area contributed by atoms with Gasteiger partial charge in [-0.15, -0.1) is 0 Å². The summed E-state index contributed by atoms with van der Waals surface area (Å²) in [6.07, 6.45) is 5.23. The molecular formula is C8H12N4OS2. The van der Waals surface area contributed by atoms with Crippen LogP contribution in [-0.2, 0) is 11.3 Å². The molecule has 0 aromatic carbocycles. The predicted molar refractivity (Wildman–Crippen MR) is 66.1 cm³/mol. The molecule has 0 spiro atoms. The third-order valence-electron chi connectivity index (χ3n) is 1.47. The quantitative estimate of drug-likeness (QED) is 0.472. The van der Waals surface area contributed by atoms with Gasteiger partial charge in [-0.25, -0.2) is 4.98 Å². The van der Waals surface area contributed by atoms with Crippen molar-refractivity contribution in [1.29, 1.82) is 0 Å². The van der Waals surface area contributed by atoms with E-state index < -0.39 is 0 Å². The topological polar surface area (TPSA) is 62.3 Å². The number of aromatic nitrogens is 2. The molecule has 0 radical (unpaired) electrons. The molecule has 0 amide bonds. The van der Waals surface area contributed by atoms with Gasteiger partial charge in [-0.05, 0) is 6.26 Å². The molecule has 0 aliphatic heterocycles. The Morgan fingerprint density at radius 3 is 3.33 bits per heavy atom. The summed E-state index contributed by atoms with van der Waals surface area (Å²) in [6, 6.07) is 0. The molecule has 15 heavy (non-hydrogen) atoms. The highest BCUT2D eigenvalue weighted by atomic mass is 32.2. The highest BCUT2D eigenvalue weighted by Crippen LogP contribution is 1.96. The fourth-order valence-electron chi connectivity index (χ4n) is 0.851. The van der Waals surface area contributed by atoms with Crippen LogP contribution in [0.15, 0.2) is 11.3 Å². The lowest BCUT2D eigenvalue weighted by Crippen LogP contribution is -2.10. The van der Waals surface area contributed by atoms with Crippen molar-refractivity contribution in [3.8, 4) is 0 Å². The summed E-state index contributed by atoms with van der Waals surface area (Å²) in [5.74, 6) is 0.770. The SMILES string of the molecule is COCc1nc(/C=N\NC(=S)SC)c[nH]1. The Kier molecular flexibility index (Phi) is 5.30. The minimum Gasteiger partial charge on any atom is -0.377 e. The van der Waals surface area contributed by atoms with Gasteiger partial charge in [-0.2, -0.15) is 5.10 Å². The Labute approximate surface area is 97.7 Å². The van der Waals surface area contributed by atoms with Crippen LogP contribution in [0.3, 0.4) is 0 Å². The number of imidazole rings is 1. The van der Waals surface area contributed by atoms with Crippen LogP contribution in [0, 0.1) is 0 Å². The lowest BCUT2D eigenvalue weighted by Gasteiger charge is -1.94. The first-order valence-electron chi connectivity index (χ1n) is 4.16. The largest absolute Gasteiger partial charge is 0.377 e. The van der Waals surface area contributed by atoms with Crippen LogP contribution in [-0.4, -0.2) is 33.9 Å². The zero-order valence-electron chi connectivity index (χ0n) is 8.48. The number of methoxy groups -OCH3 is 1. The standard InChI is InChI=1S/C8H12N4OS2/c1-13-5-7-9-3-6(11-7)4-10-12-8(14)15-2/h3-4H,5H2,1-2H3,(H,9,11)(H,12,14)/b10-4-. The van der Waals surface area contributed by atoms with Crippen molar-refractivity contribution in [2.75, 3.05) is 13.4 Å². The Morgan fingerprint density at radius 1 is 1.87 bits per heavy atom. The number of hydrogen-bond donors (Lipinski definition) is 2. The Hall–Kier alpha value is -0.920. The summed E-state index contributed by atoms with van der Waals surface area (Å²) in [5.41, 5.74) is 3.44. The molecule has 5 nitrogen and oxygen atoms in total. The molecule has 0 fully saturated rings. The number of hydrazone groups is 1. The minimum absolute atomic E-state index is 0.463. The van der Waals surface area contributed by atoms with E-state index in [-0.39, 0.29) is 0 Å². The number of hydrogen-bond acceptors (Lipinski definition) is 5. The van der Waals surface area contributed by atoms with E-state index >= 15 is 0 Å². The van der Waals surface area contributed by atoms with Gasteiger partial charge in [0, 0.05) is 13.3 Å². The van der Waals surface area contributed by atoms with Crippen molar-refractivity contribution in [2.24, 2.45) is 5.10 Å². The van der Waals surface area contributed by atoms with Crippen LogP contribution < -0.4 is 5.43 Å². The van der Waals surface area contributed by atoms with Crippen LogP contribution in [0.4, 0.5) is 0 Å². The Bertz CT molecular complexity index is 350. The van der Waals surface area contributed by atoms with Gasteiger partial charge in [0.1, 0.15) is 18.1 Å². The third-order valence-corrected chi connectivity index (χ3v) is 2.52. The number of aromatic amines is 1. The molecule has 1 aromatic rings. The molecule has 1 aromatic heterocycles. The van der Waals surface area contributed by atoms with Crippen LogP contribution in [0.25, 0.3) is 0 Å². The summed E-state index contributed by atoms with van der Waals surface area (Å²) in [5, 5.41) is 3.93. The number of nitrogens with one attached hydrogen (secondary N) is 2. The van der Waals surface area contributed by atoms with Crippen LogP contribution >= 0.6 is 24.0 Å². The molecule has 7 heteroatoms. The molecule has 0 aliphatic rings. The van der Waals surface area contributed by atoms with Crippen LogP contribution in [0.5, 0.6) is 0 Å². The summed E-state index contributed by atoms with van der Waals surface area (Å²) in [7, 11) is 1.62. The van der Waals surface area contributed by atoms with E-state index in [1.165, 1.54) is 11.8 Å². The van der Waals surface area contributed by atoms with Crippen molar-refractivity contribution in [1.82, 2.24) is 15.4 Å². The van der Waals surface area contributed by atoms with Gasteiger partial charge < -0.3 is 9.72 Å². The van der Waals surface area contributed by atoms with Crippen molar-refractivity contribution in [3.05, 3.63) is 17.7 Å². The van der Waals surface area contributed by atoms with Crippen molar-refractivity contribution < 1.29 is 4.74 Å². The van der Waals surface area contributed by atoms with Gasteiger partial charge in [-0.3, -0.25) is 5.43 Å². The second-order valence-electron chi connectivity index (χ2n) is 2.57. The van der Waals surface area contributed by atoms with Crippen molar-refractivity contribution in [3.63, 3.8) is 0 Å². The van der Waals surface area contributed by atoms with E-state index in [9.17, 15) is 0 Å². The van der Waals surface area contributed by atoms with Crippen LogP contribution in [0.2, 0.25) is 0 Å². The fraction of sp³-hybridized carbons (Fsp3) is 0.375. The van der Waals surface area contributed by atoms with Gasteiger partial charge in [-0.1, -0.05) is 24.0 Å². The first-order chi connectivity index (χ1) is 7.26. The van der Waals surface area contributed by atoms with Gasteiger partial charge in [0.05, 0.1) is 6.21 Å². The van der Waals surface area contributed by atoms with Gasteiger partial charge in [0.25, 0.3) is 0 Å². The summed E-state index contributed by atoms with van der Waals surface area (Å²) >= 11 is 6.34. The molecule has 0 saturated heterocycles. The number of H-pyrrole nitrogens is 1. The number of ether oxygens (including phenoxy) is 1. The summed E-state index contributed by atoms with van der Waals surface area (Å²) in [4.78, 5) is 7.17. The lowest BCUT2D eigenvalue weighted by molar-refractivity contribution is 0.178. The number of nitrogens with zero attached hydrogens (tertiary/aromatic N) is 2. The highest BCUT2D eigenvalue weighted by molar-refractivity contribution is 8.22. The average Bonchev–Trinajstić information content (AvgIpc) is 2.66. The van der Waals surface area contributed by atoms with Crippen molar-refractivity contribution >= 4 is 34.5 Å². The Morgan fingerprint density at radius 2 is 2.67 bits per heavy atom. The normalized spacial score (nSPS) is 10.8. The van der Waals surface area contributed by atoms with Crippen LogP contribution in [0.1, 0.15) is 11.5 Å². The Balaban J connectivity index is 2.46. The molecule has 0 unspecified atom stereocenters. The molecule has 0 saturated carbocycles. The van der Waals surface area contributed by atoms with E-state index in [0.29, 0.717) is 10.9 Å². The summed E-state index contributed by atoms with van der Waals surface area (Å²) in [6.45, 7) is 0.463. The molecule has 0 atom stereocenters. The second kappa shape index (κ2) is 6.54. The lowest BCUT2D eigenvalue weighted by atomic mass is 10.5. The van der Waals surface area contributed by atoms with E-state index in [1.54, 1.807) is 19.5 Å². The first kappa shape index (κ1) is 12.2. The summed E-state index contributed by atoms with van der Waals surface area (Å²) < 4.78 is 5.55. The predicted octanol–water partition coefficient (Wildman–Crippen LogP) is 1.13. The van der Waals surface area contributed by atoms with Gasteiger partial charge in [0.2, 0.25) is 0 Å². The first-order valence-corrected chi connectivity index (χ1v) is 5.80. The molecule has 1 heterocycles. The molecule has 2 N–H and O–H groups in total. The molecule has 1 rings (SSSR count). The van der Waals surface area contributed by atoms with Gasteiger partial charge in [0.15, 0.2) is 4.32 Å². The molecular weight excluding hydrogens is 232 g/mol. The minimum atomic E-state index is 0.463. The maximum Gasteiger partial charge on any atom is 0.153 e. The monoisotopic (exact) mass is 244 g/mol. The third kappa shape index (κ3) is 4.41. The number of rotatable bonds is 4. The van der Waals surface area contributed by atoms with E-state index in [1.807, 2.05) is 6.26 Å². The number of thioether (sulfide) groups is 1. The van der Waals surface area contributed by atoms with E-state index in [0.717, 1.165) is 11.5 Å². The van der Waals surface area contributed by atoms with Crippen molar-refractivity contribution in [2.45, 2.75) is 6.61 Å². The van der Waals surface area contributed by atoms with E-state index in [4.69, 9.17) is 17.0 Å². The maximum atomic E-state index is 4.92.